The summed E-state index contributed by atoms with van der Waals surface area (Å²) in [5.41, 5.74) is 6.96. The molecular formula is C30H42N2. The van der Waals surface area contributed by atoms with Crippen molar-refractivity contribution in [1.82, 2.24) is 0 Å². The Bertz CT molecular complexity index is 951. The number of hydrogen-bond acceptors (Lipinski definition) is 2. The summed E-state index contributed by atoms with van der Waals surface area (Å²) in [4.78, 5) is 10.8. The molecule has 0 radical (unpaired) electrons. The molecule has 0 unspecified atom stereocenters. The van der Waals surface area contributed by atoms with Gasteiger partial charge in [-0.05, 0) is 46.9 Å². The summed E-state index contributed by atoms with van der Waals surface area (Å²) in [5.74, 6) is 0. The van der Waals surface area contributed by atoms with Crippen molar-refractivity contribution in [3.8, 4) is 0 Å². The van der Waals surface area contributed by atoms with Gasteiger partial charge in [0.2, 0.25) is 0 Å². The first kappa shape index (κ1) is 24.4. The summed E-state index contributed by atoms with van der Waals surface area (Å²) in [6.45, 7) is 22.9. The van der Waals surface area contributed by atoms with Crippen LogP contribution >= 0.6 is 0 Å². The van der Waals surface area contributed by atoms with Crippen molar-refractivity contribution in [2.75, 3.05) is 0 Å². The molecular weight excluding hydrogens is 388 g/mol. The van der Waals surface area contributed by atoms with E-state index < -0.39 is 0 Å². The van der Waals surface area contributed by atoms with Crippen LogP contribution in [0.5, 0.6) is 0 Å². The highest BCUT2D eigenvalue weighted by atomic mass is 14.9. The normalized spacial score (nSPS) is 21.2. The van der Waals surface area contributed by atoms with Crippen LogP contribution in [0.3, 0.4) is 0 Å². The average Bonchev–Trinajstić information content (AvgIpc) is 2.67. The molecule has 0 atom stereocenters. The number of nitrogens with zero attached hydrogens (tertiary/aromatic N) is 2. The molecule has 0 aliphatic heterocycles. The molecule has 0 aromatic heterocycles. The molecule has 0 bridgehead atoms. The van der Waals surface area contributed by atoms with E-state index in [1.54, 1.807) is 0 Å². The molecule has 1 fully saturated rings. The highest BCUT2D eigenvalue weighted by molar-refractivity contribution is 6.47. The average molecular weight is 431 g/mol. The fraction of sp³-hybridized carbons (Fsp3) is 0.533. The van der Waals surface area contributed by atoms with Gasteiger partial charge in [0.1, 0.15) is 0 Å². The molecule has 0 amide bonds. The van der Waals surface area contributed by atoms with Gasteiger partial charge in [-0.25, -0.2) is 0 Å². The van der Waals surface area contributed by atoms with E-state index in [0.717, 1.165) is 35.6 Å². The summed E-state index contributed by atoms with van der Waals surface area (Å²) < 4.78 is 0. The second-order valence-corrected chi connectivity index (χ2v) is 12.7. The van der Waals surface area contributed by atoms with E-state index in [9.17, 15) is 0 Å². The van der Waals surface area contributed by atoms with Gasteiger partial charge in [-0.3, -0.25) is 9.98 Å². The van der Waals surface area contributed by atoms with Crippen LogP contribution in [0.2, 0.25) is 0 Å². The smallest absolute Gasteiger partial charge is 0.0687 e. The minimum atomic E-state index is -0.0317. The van der Waals surface area contributed by atoms with Crippen molar-refractivity contribution in [2.45, 2.75) is 92.9 Å². The van der Waals surface area contributed by atoms with Gasteiger partial charge >= 0.3 is 0 Å². The van der Waals surface area contributed by atoms with Crippen LogP contribution in [0.4, 0.5) is 11.4 Å². The van der Waals surface area contributed by atoms with E-state index in [0.29, 0.717) is 0 Å². The van der Waals surface area contributed by atoms with Crippen molar-refractivity contribution >= 4 is 22.8 Å². The van der Waals surface area contributed by atoms with E-state index in [4.69, 9.17) is 9.98 Å². The number of hydrogen-bond donors (Lipinski definition) is 0. The van der Waals surface area contributed by atoms with Gasteiger partial charge in [-0.1, -0.05) is 106 Å². The second kappa shape index (κ2) is 8.28. The third-order valence-electron chi connectivity index (χ3n) is 6.77. The molecule has 32 heavy (non-hydrogen) atoms. The highest BCUT2D eigenvalue weighted by Crippen LogP contribution is 2.44. The zero-order valence-electron chi connectivity index (χ0n) is 21.9. The molecule has 2 nitrogen and oxygen atoms in total. The molecule has 0 saturated heterocycles. The monoisotopic (exact) mass is 430 g/mol. The van der Waals surface area contributed by atoms with Gasteiger partial charge in [0, 0.05) is 10.8 Å². The zero-order chi connectivity index (χ0) is 23.9. The molecule has 1 aliphatic rings. The number of rotatable bonds is 2. The lowest BCUT2D eigenvalue weighted by Gasteiger charge is -2.42. The second-order valence-electron chi connectivity index (χ2n) is 12.7. The van der Waals surface area contributed by atoms with Gasteiger partial charge in [0.15, 0.2) is 0 Å². The van der Waals surface area contributed by atoms with Crippen molar-refractivity contribution in [1.29, 1.82) is 0 Å². The van der Waals surface area contributed by atoms with Crippen molar-refractivity contribution in [3.63, 3.8) is 0 Å². The summed E-state index contributed by atoms with van der Waals surface area (Å²) in [5, 5.41) is 0. The van der Waals surface area contributed by atoms with E-state index in [1.165, 1.54) is 11.1 Å². The van der Waals surface area contributed by atoms with Gasteiger partial charge in [-0.15, -0.1) is 0 Å². The van der Waals surface area contributed by atoms with Crippen LogP contribution in [-0.2, 0) is 10.8 Å². The molecule has 172 valence electrons. The van der Waals surface area contributed by atoms with Gasteiger partial charge in [0.05, 0.1) is 22.8 Å². The molecule has 2 aromatic rings. The Labute approximate surface area is 196 Å². The van der Waals surface area contributed by atoms with E-state index >= 15 is 0 Å². The third-order valence-corrected chi connectivity index (χ3v) is 6.77. The van der Waals surface area contributed by atoms with E-state index in [1.807, 2.05) is 0 Å². The fourth-order valence-electron chi connectivity index (χ4n) is 4.56. The lowest BCUT2D eigenvalue weighted by Crippen LogP contribution is -2.45. The van der Waals surface area contributed by atoms with Crippen LogP contribution in [0.15, 0.2) is 58.5 Å². The summed E-state index contributed by atoms with van der Waals surface area (Å²) in [6.07, 6.45) is 2.22. The predicted molar refractivity (Wildman–Crippen MR) is 141 cm³/mol. The Morgan fingerprint density at radius 1 is 0.562 bits per heavy atom. The van der Waals surface area contributed by atoms with Crippen molar-refractivity contribution in [2.24, 2.45) is 20.8 Å². The Balaban J connectivity index is 2.29. The summed E-state index contributed by atoms with van der Waals surface area (Å²) in [6, 6.07) is 17.2. The zero-order valence-corrected chi connectivity index (χ0v) is 21.9. The largest absolute Gasteiger partial charge is 0.251 e. The SMILES string of the molecule is CC1(C)CCC(C)(C)C(=Nc2ccccc2C(C)(C)C)C1=Nc1ccccc1C(C)(C)C. The van der Waals surface area contributed by atoms with Crippen LogP contribution < -0.4 is 0 Å². The minimum Gasteiger partial charge on any atom is -0.251 e. The predicted octanol–water partition coefficient (Wildman–Crippen LogP) is 8.97. The lowest BCUT2D eigenvalue weighted by molar-refractivity contribution is 0.347. The molecule has 1 saturated carbocycles. The van der Waals surface area contributed by atoms with Gasteiger partial charge in [-0.2, -0.15) is 0 Å². The fourth-order valence-corrected chi connectivity index (χ4v) is 4.56. The molecule has 0 spiro atoms. The van der Waals surface area contributed by atoms with Crippen LogP contribution in [-0.4, -0.2) is 11.4 Å². The van der Waals surface area contributed by atoms with Crippen molar-refractivity contribution in [3.05, 3.63) is 59.7 Å². The number of aliphatic imine (C=N–C) groups is 2. The minimum absolute atomic E-state index is 0.0317. The third kappa shape index (κ3) is 5.05. The maximum absolute atomic E-state index is 5.39. The highest BCUT2D eigenvalue weighted by Gasteiger charge is 2.43. The number of para-hydroxylation sites is 2. The first-order valence-corrected chi connectivity index (χ1v) is 12.0. The molecule has 3 rings (SSSR count). The van der Waals surface area contributed by atoms with E-state index in [2.05, 4.69) is 118 Å². The first-order chi connectivity index (χ1) is 14.6. The Morgan fingerprint density at radius 3 is 1.19 bits per heavy atom. The molecule has 2 heteroatoms. The maximum atomic E-state index is 5.39. The maximum Gasteiger partial charge on any atom is 0.0687 e. The van der Waals surface area contributed by atoms with Crippen LogP contribution in [0.1, 0.15) is 93.2 Å². The Morgan fingerprint density at radius 2 is 0.875 bits per heavy atom. The van der Waals surface area contributed by atoms with Gasteiger partial charge in [0.25, 0.3) is 0 Å². The quantitative estimate of drug-likeness (QED) is 0.454. The summed E-state index contributed by atoms with van der Waals surface area (Å²) >= 11 is 0. The molecule has 0 N–H and O–H groups in total. The van der Waals surface area contributed by atoms with Crippen LogP contribution in [0, 0.1) is 10.8 Å². The molecule has 0 heterocycles. The lowest BCUT2D eigenvalue weighted by atomic mass is 9.64. The Hall–Kier alpha value is -2.22. The molecule has 2 aromatic carbocycles. The van der Waals surface area contributed by atoms with Gasteiger partial charge < -0.3 is 0 Å². The first-order valence-electron chi connectivity index (χ1n) is 12.0. The summed E-state index contributed by atoms with van der Waals surface area (Å²) in [7, 11) is 0. The van der Waals surface area contributed by atoms with Crippen LogP contribution in [0.25, 0.3) is 0 Å². The standard InChI is InChI=1S/C30H42N2/c1-27(2,3)21-15-11-13-17-23(21)31-25-26(30(9,10)20-19-29(25,7)8)32-24-18-14-12-16-22(24)28(4,5)6/h11-18H,19-20H2,1-10H3. The molecule has 1 aliphatic carbocycles. The Kier molecular flexibility index (Phi) is 6.32. The topological polar surface area (TPSA) is 24.7 Å². The van der Waals surface area contributed by atoms with Crippen molar-refractivity contribution < 1.29 is 0 Å². The van der Waals surface area contributed by atoms with E-state index in [-0.39, 0.29) is 21.7 Å². The number of benzene rings is 2.